The average molecular weight is 272 g/mol. The second-order valence-corrected chi connectivity index (χ2v) is 5.06. The number of hydrogen-bond acceptors (Lipinski definition) is 2. The number of aliphatic hydroxyl groups is 1. The van der Waals surface area contributed by atoms with Gasteiger partial charge in [0.05, 0.1) is 6.10 Å². The van der Waals surface area contributed by atoms with Gasteiger partial charge in [0, 0.05) is 10.4 Å². The molecule has 3 heteroatoms. The van der Waals surface area contributed by atoms with Crippen molar-refractivity contribution in [3.8, 4) is 0 Å². The van der Waals surface area contributed by atoms with Crippen LogP contribution in [0.1, 0.15) is 25.5 Å². The third-order valence-electron chi connectivity index (χ3n) is 2.72. The van der Waals surface area contributed by atoms with Crippen LogP contribution in [-0.4, -0.2) is 11.7 Å². The van der Waals surface area contributed by atoms with Crippen LogP contribution in [0.3, 0.4) is 0 Å². The van der Waals surface area contributed by atoms with Crippen molar-refractivity contribution in [3.63, 3.8) is 0 Å². The Morgan fingerprint density at radius 3 is 2.53 bits per heavy atom. The third-order valence-corrected chi connectivity index (χ3v) is 3.22. The molecule has 1 rings (SSSR count). The fraction of sp³-hybridized carbons (Fsp3) is 0.500. The van der Waals surface area contributed by atoms with Gasteiger partial charge in [0.25, 0.3) is 0 Å². The van der Waals surface area contributed by atoms with Gasteiger partial charge in [-0.3, -0.25) is 0 Å². The first kappa shape index (κ1) is 12.7. The van der Waals surface area contributed by atoms with Crippen molar-refractivity contribution in [1.82, 2.24) is 0 Å². The summed E-state index contributed by atoms with van der Waals surface area (Å²) in [6, 6.07) is 7.75. The van der Waals surface area contributed by atoms with E-state index in [-0.39, 0.29) is 5.92 Å². The number of nitrogens with two attached hydrogens (primary N) is 1. The van der Waals surface area contributed by atoms with Crippen LogP contribution in [0.25, 0.3) is 0 Å². The predicted octanol–water partition coefficient (Wildman–Crippen LogP) is 2.71. The van der Waals surface area contributed by atoms with E-state index in [9.17, 15) is 5.11 Å². The molecule has 84 valence electrons. The molecule has 1 aromatic carbocycles. The Bertz CT molecular complexity index is 314. The monoisotopic (exact) mass is 271 g/mol. The van der Waals surface area contributed by atoms with E-state index in [1.807, 2.05) is 24.3 Å². The Morgan fingerprint density at radius 2 is 2.07 bits per heavy atom. The van der Waals surface area contributed by atoms with Crippen molar-refractivity contribution in [2.45, 2.75) is 20.0 Å². The molecule has 15 heavy (non-hydrogen) atoms. The average Bonchev–Trinajstić information content (AvgIpc) is 2.18. The molecule has 2 nitrogen and oxygen atoms in total. The van der Waals surface area contributed by atoms with Crippen molar-refractivity contribution in [1.29, 1.82) is 0 Å². The van der Waals surface area contributed by atoms with Crippen molar-refractivity contribution in [3.05, 3.63) is 34.3 Å². The lowest BCUT2D eigenvalue weighted by Gasteiger charge is -2.25. The van der Waals surface area contributed by atoms with Crippen LogP contribution in [0.5, 0.6) is 0 Å². The minimum atomic E-state index is -0.479. The van der Waals surface area contributed by atoms with Crippen LogP contribution < -0.4 is 5.73 Å². The molecule has 2 unspecified atom stereocenters. The zero-order valence-electron chi connectivity index (χ0n) is 9.15. The van der Waals surface area contributed by atoms with Gasteiger partial charge >= 0.3 is 0 Å². The molecule has 0 saturated heterocycles. The molecule has 1 aromatic rings. The summed E-state index contributed by atoms with van der Waals surface area (Å²) in [4.78, 5) is 0. The summed E-state index contributed by atoms with van der Waals surface area (Å²) >= 11 is 3.40. The first-order valence-electron chi connectivity index (χ1n) is 5.20. The summed E-state index contributed by atoms with van der Waals surface area (Å²) in [7, 11) is 0. The molecule has 0 aromatic heterocycles. The van der Waals surface area contributed by atoms with Crippen molar-refractivity contribution >= 4 is 15.9 Å². The number of halogens is 1. The van der Waals surface area contributed by atoms with Crippen molar-refractivity contribution in [2.75, 3.05) is 6.54 Å². The summed E-state index contributed by atoms with van der Waals surface area (Å²) in [5.74, 6) is 0.489. The van der Waals surface area contributed by atoms with Gasteiger partial charge in [0.1, 0.15) is 0 Å². The molecule has 0 heterocycles. The van der Waals surface area contributed by atoms with Gasteiger partial charge in [-0.05, 0) is 30.2 Å². The molecule has 0 saturated carbocycles. The van der Waals surface area contributed by atoms with Gasteiger partial charge in [-0.15, -0.1) is 0 Å². The van der Waals surface area contributed by atoms with Crippen molar-refractivity contribution < 1.29 is 5.11 Å². The molecule has 0 aliphatic rings. The van der Waals surface area contributed by atoms with E-state index in [1.54, 1.807) is 0 Å². The Balaban J connectivity index is 2.87. The van der Waals surface area contributed by atoms with Crippen LogP contribution in [0, 0.1) is 11.8 Å². The van der Waals surface area contributed by atoms with E-state index >= 15 is 0 Å². The second kappa shape index (κ2) is 5.64. The van der Waals surface area contributed by atoms with Crippen LogP contribution in [0.4, 0.5) is 0 Å². The Hall–Kier alpha value is -0.380. The highest BCUT2D eigenvalue weighted by Crippen LogP contribution is 2.28. The largest absolute Gasteiger partial charge is 0.388 e. The Morgan fingerprint density at radius 1 is 1.40 bits per heavy atom. The first-order chi connectivity index (χ1) is 7.06. The van der Waals surface area contributed by atoms with Gasteiger partial charge in [-0.1, -0.05) is 41.9 Å². The predicted molar refractivity (Wildman–Crippen MR) is 66.5 cm³/mol. The summed E-state index contributed by atoms with van der Waals surface area (Å²) < 4.78 is 0.985. The van der Waals surface area contributed by atoms with Crippen molar-refractivity contribution in [2.24, 2.45) is 17.6 Å². The summed E-state index contributed by atoms with van der Waals surface area (Å²) in [5.41, 5.74) is 6.60. The molecule has 0 aliphatic heterocycles. The highest BCUT2D eigenvalue weighted by Gasteiger charge is 2.22. The fourth-order valence-corrected chi connectivity index (χ4v) is 2.12. The molecular weight excluding hydrogens is 254 g/mol. The lowest BCUT2D eigenvalue weighted by atomic mass is 9.87. The van der Waals surface area contributed by atoms with E-state index in [0.717, 1.165) is 10.0 Å². The van der Waals surface area contributed by atoms with Gasteiger partial charge in [0.15, 0.2) is 0 Å². The smallest absolute Gasteiger partial charge is 0.0833 e. The number of aliphatic hydroxyl groups excluding tert-OH is 1. The van der Waals surface area contributed by atoms with Crippen LogP contribution >= 0.6 is 15.9 Å². The Kier molecular flexibility index (Phi) is 4.77. The van der Waals surface area contributed by atoms with Gasteiger partial charge < -0.3 is 10.8 Å². The van der Waals surface area contributed by atoms with Gasteiger partial charge in [-0.2, -0.15) is 0 Å². The second-order valence-electron chi connectivity index (χ2n) is 4.14. The zero-order valence-corrected chi connectivity index (χ0v) is 10.7. The standard InChI is InChI=1S/C12H18BrNO/c1-8(2)11(7-14)12(15)9-4-3-5-10(13)6-9/h3-6,8,11-12,15H,7,14H2,1-2H3. The molecule has 0 radical (unpaired) electrons. The molecule has 0 aliphatic carbocycles. The molecule has 0 bridgehead atoms. The van der Waals surface area contributed by atoms with E-state index in [0.29, 0.717) is 12.5 Å². The van der Waals surface area contributed by atoms with E-state index in [2.05, 4.69) is 29.8 Å². The van der Waals surface area contributed by atoms with E-state index < -0.39 is 6.10 Å². The topological polar surface area (TPSA) is 46.2 Å². The Labute approximate surface area is 99.6 Å². The van der Waals surface area contributed by atoms with Crippen LogP contribution in [0.15, 0.2) is 28.7 Å². The highest BCUT2D eigenvalue weighted by molar-refractivity contribution is 9.10. The van der Waals surface area contributed by atoms with Crippen LogP contribution in [0.2, 0.25) is 0 Å². The summed E-state index contributed by atoms with van der Waals surface area (Å²) in [6.45, 7) is 4.67. The lowest BCUT2D eigenvalue weighted by Crippen LogP contribution is -2.26. The minimum Gasteiger partial charge on any atom is -0.388 e. The maximum Gasteiger partial charge on any atom is 0.0833 e. The molecule has 0 fully saturated rings. The van der Waals surface area contributed by atoms with E-state index in [1.165, 1.54) is 0 Å². The molecule has 3 N–H and O–H groups in total. The molecular formula is C12H18BrNO. The SMILES string of the molecule is CC(C)C(CN)C(O)c1cccc(Br)c1. The normalized spacial score (nSPS) is 15.3. The molecule has 0 amide bonds. The minimum absolute atomic E-state index is 0.110. The first-order valence-corrected chi connectivity index (χ1v) is 5.99. The quantitative estimate of drug-likeness (QED) is 0.885. The van der Waals surface area contributed by atoms with E-state index in [4.69, 9.17) is 5.73 Å². The maximum atomic E-state index is 10.2. The summed E-state index contributed by atoms with van der Waals surface area (Å²) in [5, 5.41) is 10.2. The van der Waals surface area contributed by atoms with Gasteiger partial charge in [-0.25, -0.2) is 0 Å². The maximum absolute atomic E-state index is 10.2. The van der Waals surface area contributed by atoms with Crippen LogP contribution in [-0.2, 0) is 0 Å². The highest BCUT2D eigenvalue weighted by atomic mass is 79.9. The zero-order chi connectivity index (χ0) is 11.4. The molecule has 0 spiro atoms. The lowest BCUT2D eigenvalue weighted by molar-refractivity contribution is 0.0860. The third kappa shape index (κ3) is 3.30. The summed E-state index contributed by atoms with van der Waals surface area (Å²) in [6.07, 6.45) is -0.479. The fourth-order valence-electron chi connectivity index (χ4n) is 1.70. The number of benzene rings is 1. The number of rotatable bonds is 4. The molecule has 2 atom stereocenters. The van der Waals surface area contributed by atoms with Gasteiger partial charge in [0.2, 0.25) is 0 Å². The number of hydrogen-bond donors (Lipinski definition) is 2.